The van der Waals surface area contributed by atoms with Gasteiger partial charge in [0.2, 0.25) is 5.96 Å². The van der Waals surface area contributed by atoms with Gasteiger partial charge in [-0.3, -0.25) is 19.6 Å². The van der Waals surface area contributed by atoms with Gasteiger partial charge in [-0.15, -0.1) is 0 Å². The Balaban J connectivity index is 1.78. The summed E-state index contributed by atoms with van der Waals surface area (Å²) in [5.74, 6) is 1.33. The van der Waals surface area contributed by atoms with Gasteiger partial charge < -0.3 is 4.98 Å². The highest BCUT2D eigenvalue weighted by Gasteiger charge is 2.39. The summed E-state index contributed by atoms with van der Waals surface area (Å²) in [4.78, 5) is 27.7. The van der Waals surface area contributed by atoms with E-state index >= 15 is 0 Å². The van der Waals surface area contributed by atoms with Gasteiger partial charge in [0, 0.05) is 6.54 Å². The summed E-state index contributed by atoms with van der Waals surface area (Å²) >= 11 is 0. The Hall–Kier alpha value is -2.63. The van der Waals surface area contributed by atoms with Gasteiger partial charge in [-0.1, -0.05) is 30.3 Å². The first-order chi connectivity index (χ1) is 9.84. The molecule has 1 aromatic carbocycles. The predicted octanol–water partition coefficient (Wildman–Crippen LogP) is 1.24. The van der Waals surface area contributed by atoms with Crippen LogP contribution in [0.3, 0.4) is 0 Å². The van der Waals surface area contributed by atoms with E-state index in [1.165, 1.54) is 0 Å². The maximum absolute atomic E-state index is 12.3. The molecule has 2 aromatic rings. The summed E-state index contributed by atoms with van der Waals surface area (Å²) in [5, 5.41) is 0. The van der Waals surface area contributed by atoms with Crippen LogP contribution in [0.15, 0.2) is 41.7 Å². The normalized spacial score (nSPS) is 17.0. The number of guanidine groups is 1. The van der Waals surface area contributed by atoms with Crippen molar-refractivity contribution in [1.29, 1.82) is 0 Å². The van der Waals surface area contributed by atoms with Crippen LogP contribution in [0.4, 0.5) is 5.82 Å². The quantitative estimate of drug-likeness (QED) is 0.890. The maximum Gasteiger partial charge on any atom is 0.280 e. The van der Waals surface area contributed by atoms with Gasteiger partial charge in [0.05, 0.1) is 19.4 Å². The zero-order valence-electron chi connectivity index (χ0n) is 10.8. The fourth-order valence-corrected chi connectivity index (χ4v) is 2.65. The van der Waals surface area contributed by atoms with Crippen molar-refractivity contribution in [2.24, 2.45) is 4.99 Å². The Morgan fingerprint density at radius 1 is 1.25 bits per heavy atom. The van der Waals surface area contributed by atoms with Crippen LogP contribution >= 0.6 is 0 Å². The van der Waals surface area contributed by atoms with Crippen LogP contribution in [0.5, 0.6) is 0 Å². The highest BCUT2D eigenvalue weighted by Crippen LogP contribution is 2.28. The third-order valence-corrected chi connectivity index (χ3v) is 3.58. The molecule has 3 heterocycles. The van der Waals surface area contributed by atoms with Crippen molar-refractivity contribution in [2.45, 2.75) is 6.54 Å². The lowest BCUT2D eigenvalue weighted by Crippen LogP contribution is -2.49. The smallest absolute Gasteiger partial charge is 0.280 e. The minimum atomic E-state index is -0.0435. The van der Waals surface area contributed by atoms with Gasteiger partial charge in [0.15, 0.2) is 5.82 Å². The fourth-order valence-electron chi connectivity index (χ4n) is 2.65. The molecule has 6 heteroatoms. The summed E-state index contributed by atoms with van der Waals surface area (Å²) < 4.78 is 0. The van der Waals surface area contributed by atoms with Crippen molar-refractivity contribution in [3.8, 4) is 0 Å². The molecule has 0 aliphatic carbocycles. The van der Waals surface area contributed by atoms with E-state index in [9.17, 15) is 4.79 Å². The van der Waals surface area contributed by atoms with Crippen LogP contribution in [0.2, 0.25) is 0 Å². The second kappa shape index (κ2) is 4.19. The highest BCUT2D eigenvalue weighted by atomic mass is 16.2. The number of carbonyl (C=O) groups is 1. The number of imidazole rings is 1. The molecule has 6 nitrogen and oxygen atoms in total. The molecular weight excluding hydrogens is 254 g/mol. The van der Waals surface area contributed by atoms with Crippen molar-refractivity contribution >= 4 is 17.7 Å². The third-order valence-electron chi connectivity index (χ3n) is 3.58. The summed E-state index contributed by atoms with van der Waals surface area (Å²) in [6.07, 6.45) is 1.56. The van der Waals surface area contributed by atoms with E-state index in [1.807, 2.05) is 23.1 Å². The van der Waals surface area contributed by atoms with E-state index in [2.05, 4.69) is 27.1 Å². The first-order valence-corrected chi connectivity index (χ1v) is 6.56. The SMILES string of the molecule is O=C1c2[nH]cnc2N(Cc2ccccc2)C2=NCCN12. The molecule has 20 heavy (non-hydrogen) atoms. The Kier molecular flexibility index (Phi) is 2.35. The molecule has 0 saturated heterocycles. The molecule has 100 valence electrons. The van der Waals surface area contributed by atoms with Crippen LogP contribution in [0.1, 0.15) is 16.1 Å². The Bertz CT molecular complexity index is 691. The van der Waals surface area contributed by atoms with Crippen molar-refractivity contribution in [2.75, 3.05) is 18.0 Å². The lowest BCUT2D eigenvalue weighted by atomic mass is 10.2. The number of amides is 1. The lowest BCUT2D eigenvalue weighted by Gasteiger charge is -2.33. The molecule has 0 fully saturated rings. The van der Waals surface area contributed by atoms with Crippen LogP contribution < -0.4 is 4.90 Å². The zero-order valence-corrected chi connectivity index (χ0v) is 10.8. The molecule has 1 aromatic heterocycles. The molecule has 0 radical (unpaired) electrons. The van der Waals surface area contributed by atoms with E-state index in [1.54, 1.807) is 11.2 Å². The number of aromatic amines is 1. The van der Waals surface area contributed by atoms with Crippen molar-refractivity contribution in [1.82, 2.24) is 14.9 Å². The molecule has 4 rings (SSSR count). The molecule has 0 atom stereocenters. The molecule has 1 N–H and O–H groups in total. The first-order valence-electron chi connectivity index (χ1n) is 6.56. The van der Waals surface area contributed by atoms with E-state index in [0.717, 1.165) is 5.56 Å². The summed E-state index contributed by atoms with van der Waals surface area (Å²) in [7, 11) is 0. The van der Waals surface area contributed by atoms with Crippen molar-refractivity contribution in [3.63, 3.8) is 0 Å². The standard InChI is InChI=1S/C14H13N5O/c20-13-11-12(17-9-16-11)19(14-15-6-7-18(13)14)8-10-4-2-1-3-5-10/h1-5,9H,6-8H2,(H,16,17). The summed E-state index contributed by atoms with van der Waals surface area (Å²) in [5.41, 5.74) is 1.70. The molecule has 0 bridgehead atoms. The number of aliphatic imine (C=N–C) groups is 1. The number of anilines is 1. The summed E-state index contributed by atoms with van der Waals surface area (Å²) in [6.45, 7) is 1.94. The number of nitrogens with zero attached hydrogens (tertiary/aromatic N) is 4. The Morgan fingerprint density at radius 2 is 2.10 bits per heavy atom. The molecule has 1 amide bonds. The van der Waals surface area contributed by atoms with Crippen molar-refractivity contribution in [3.05, 3.63) is 47.9 Å². The molecular formula is C14H13N5O. The van der Waals surface area contributed by atoms with Gasteiger partial charge in [-0.25, -0.2) is 4.98 Å². The van der Waals surface area contributed by atoms with Gasteiger partial charge >= 0.3 is 0 Å². The fraction of sp³-hybridized carbons (Fsp3) is 0.214. The average molecular weight is 267 g/mol. The number of carbonyl (C=O) groups excluding carboxylic acids is 1. The number of aromatic nitrogens is 2. The molecule has 2 aliphatic rings. The van der Waals surface area contributed by atoms with E-state index in [0.29, 0.717) is 37.1 Å². The molecule has 0 unspecified atom stereocenters. The maximum atomic E-state index is 12.3. The average Bonchev–Trinajstić information content (AvgIpc) is 3.14. The van der Waals surface area contributed by atoms with Gasteiger partial charge in [-0.05, 0) is 5.56 Å². The minimum absolute atomic E-state index is 0.0435. The molecule has 0 saturated carbocycles. The Labute approximate surface area is 115 Å². The monoisotopic (exact) mass is 267 g/mol. The van der Waals surface area contributed by atoms with Crippen LogP contribution in [-0.4, -0.2) is 39.8 Å². The van der Waals surface area contributed by atoms with Gasteiger partial charge in [0.1, 0.15) is 5.69 Å². The van der Waals surface area contributed by atoms with Crippen LogP contribution in [-0.2, 0) is 6.54 Å². The number of rotatable bonds is 2. The van der Waals surface area contributed by atoms with Crippen molar-refractivity contribution < 1.29 is 4.79 Å². The number of hydrogen-bond donors (Lipinski definition) is 1. The van der Waals surface area contributed by atoms with E-state index in [4.69, 9.17) is 0 Å². The van der Waals surface area contributed by atoms with Crippen LogP contribution in [0.25, 0.3) is 0 Å². The van der Waals surface area contributed by atoms with Crippen LogP contribution in [0, 0.1) is 0 Å². The van der Waals surface area contributed by atoms with Gasteiger partial charge in [0.25, 0.3) is 5.91 Å². The lowest BCUT2D eigenvalue weighted by molar-refractivity contribution is 0.0846. The zero-order chi connectivity index (χ0) is 13.5. The number of H-pyrrole nitrogens is 1. The number of benzene rings is 1. The van der Waals surface area contributed by atoms with E-state index < -0.39 is 0 Å². The highest BCUT2D eigenvalue weighted by molar-refractivity contribution is 6.17. The number of nitrogens with one attached hydrogen (secondary N) is 1. The second-order valence-corrected chi connectivity index (χ2v) is 4.81. The Morgan fingerprint density at radius 3 is 2.95 bits per heavy atom. The van der Waals surface area contributed by atoms with Gasteiger partial charge in [-0.2, -0.15) is 0 Å². The largest absolute Gasteiger partial charge is 0.339 e. The predicted molar refractivity (Wildman–Crippen MR) is 74.6 cm³/mol. The second-order valence-electron chi connectivity index (χ2n) is 4.81. The minimum Gasteiger partial charge on any atom is -0.339 e. The van der Waals surface area contributed by atoms with E-state index in [-0.39, 0.29) is 5.91 Å². The third kappa shape index (κ3) is 1.54. The number of fused-ring (bicyclic) bond motifs is 2. The summed E-state index contributed by atoms with van der Waals surface area (Å²) in [6, 6.07) is 10.1. The molecule has 2 aliphatic heterocycles. The number of hydrogen-bond acceptors (Lipinski definition) is 4. The topological polar surface area (TPSA) is 64.6 Å². The first kappa shape index (κ1) is 11.2. The molecule has 0 spiro atoms.